The summed E-state index contributed by atoms with van der Waals surface area (Å²) >= 11 is 0. The number of nitrogens with one attached hydrogen (secondary N) is 3. The Morgan fingerprint density at radius 2 is 1.79 bits per heavy atom. The van der Waals surface area contributed by atoms with Crippen molar-refractivity contribution in [2.75, 3.05) is 6.54 Å². The van der Waals surface area contributed by atoms with E-state index in [2.05, 4.69) is 15.3 Å². The molecule has 5 rings (SSSR count). The van der Waals surface area contributed by atoms with Gasteiger partial charge in [-0.15, -0.1) is 0 Å². The van der Waals surface area contributed by atoms with Crippen molar-refractivity contribution >= 4 is 10.9 Å². The monoisotopic (exact) mass is 388 g/mol. The summed E-state index contributed by atoms with van der Waals surface area (Å²) in [5.74, 6) is -0.355. The van der Waals surface area contributed by atoms with Gasteiger partial charge in [-0.25, -0.2) is 9.36 Å². The molecular weight excluding hydrogens is 368 g/mol. The minimum absolute atomic E-state index is 0.123. The number of H-pyrrole nitrogens is 2. The van der Waals surface area contributed by atoms with E-state index in [4.69, 9.17) is 0 Å². The summed E-state index contributed by atoms with van der Waals surface area (Å²) in [5.41, 5.74) is 3.31. The molecule has 29 heavy (non-hydrogen) atoms. The molecule has 0 bridgehead atoms. The van der Waals surface area contributed by atoms with Gasteiger partial charge in [-0.2, -0.15) is 0 Å². The van der Waals surface area contributed by atoms with Gasteiger partial charge in [0.15, 0.2) is 0 Å². The number of aromatic nitrogens is 3. The van der Waals surface area contributed by atoms with Crippen molar-refractivity contribution in [1.29, 1.82) is 0 Å². The molecule has 0 saturated heterocycles. The fraction of sp³-hybridized carbons (Fsp3) is 0.182. The highest BCUT2D eigenvalue weighted by Gasteiger charge is 2.31. The first-order valence-corrected chi connectivity index (χ1v) is 9.52. The lowest BCUT2D eigenvalue weighted by atomic mass is 9.95. The molecule has 0 aliphatic carbocycles. The minimum Gasteiger partial charge on any atom is -0.494 e. The molecule has 0 fully saturated rings. The molecule has 0 saturated carbocycles. The van der Waals surface area contributed by atoms with Crippen molar-refractivity contribution in [3.8, 4) is 11.6 Å². The number of nitrogens with zero attached hydrogens (tertiary/aromatic N) is 1. The molecule has 1 aliphatic heterocycles. The summed E-state index contributed by atoms with van der Waals surface area (Å²) in [7, 11) is 0. The van der Waals surface area contributed by atoms with Crippen LogP contribution < -0.4 is 16.6 Å². The van der Waals surface area contributed by atoms with Crippen molar-refractivity contribution in [3.63, 3.8) is 0 Å². The topological polar surface area (TPSA) is 103 Å². The maximum atomic E-state index is 12.7. The Kier molecular flexibility index (Phi) is 3.92. The van der Waals surface area contributed by atoms with Crippen LogP contribution >= 0.6 is 0 Å². The highest BCUT2D eigenvalue weighted by Crippen LogP contribution is 2.35. The van der Waals surface area contributed by atoms with Crippen LogP contribution in [0.5, 0.6) is 5.88 Å². The number of para-hydroxylation sites is 1. The number of aryl methyl sites for hydroxylation is 1. The molecule has 1 unspecified atom stereocenters. The van der Waals surface area contributed by atoms with Gasteiger partial charge in [0.05, 0.1) is 11.7 Å². The molecule has 1 atom stereocenters. The van der Waals surface area contributed by atoms with Crippen molar-refractivity contribution in [2.45, 2.75) is 19.4 Å². The second kappa shape index (κ2) is 6.49. The van der Waals surface area contributed by atoms with Crippen molar-refractivity contribution in [3.05, 3.63) is 91.8 Å². The largest absolute Gasteiger partial charge is 0.494 e. The molecule has 7 nitrogen and oxygen atoms in total. The predicted octanol–water partition coefficient (Wildman–Crippen LogP) is 2.26. The number of rotatable bonds is 2. The van der Waals surface area contributed by atoms with E-state index in [1.165, 1.54) is 0 Å². The summed E-state index contributed by atoms with van der Waals surface area (Å²) in [6.45, 7) is 2.59. The standard InChI is InChI=1S/C22H20N4O3/c1-12-6-8-13(9-7-12)26-21(28)17(20(27)25-22(26)29)19-18-15(10-11-23-19)14-4-2-3-5-16(14)24-18/h2-9,19,23-24,28H,10-11H2,1H3,(H,25,27,29). The number of aromatic hydroxyl groups is 1. The van der Waals surface area contributed by atoms with Crippen LogP contribution in [0.3, 0.4) is 0 Å². The molecular formula is C22H20N4O3. The normalized spacial score (nSPS) is 16.1. The Morgan fingerprint density at radius 3 is 2.59 bits per heavy atom. The molecule has 7 heteroatoms. The lowest BCUT2D eigenvalue weighted by Gasteiger charge is -2.25. The SMILES string of the molecule is Cc1ccc(-n2c(O)c(C3NCCc4c3[nH]c3ccccc43)c(=O)[nH]c2=O)cc1. The van der Waals surface area contributed by atoms with Gasteiger partial charge in [-0.3, -0.25) is 9.78 Å². The summed E-state index contributed by atoms with van der Waals surface area (Å²) in [5, 5.41) is 15.4. The van der Waals surface area contributed by atoms with Gasteiger partial charge >= 0.3 is 5.69 Å². The maximum Gasteiger partial charge on any atom is 0.335 e. The number of hydrogen-bond acceptors (Lipinski definition) is 4. The lowest BCUT2D eigenvalue weighted by Crippen LogP contribution is -2.38. The fourth-order valence-electron chi connectivity index (χ4n) is 4.16. The first-order chi connectivity index (χ1) is 14.0. The van der Waals surface area contributed by atoms with Gasteiger partial charge in [0, 0.05) is 23.1 Å². The summed E-state index contributed by atoms with van der Waals surface area (Å²) in [6.07, 6.45) is 0.812. The average molecular weight is 388 g/mol. The van der Waals surface area contributed by atoms with Gasteiger partial charge in [-0.05, 0) is 37.1 Å². The Bertz CT molecular complexity index is 1350. The lowest BCUT2D eigenvalue weighted by molar-refractivity contribution is 0.410. The third kappa shape index (κ3) is 2.70. The Balaban J connectivity index is 1.74. The van der Waals surface area contributed by atoms with E-state index in [0.717, 1.165) is 38.7 Å². The molecule has 4 aromatic rings. The number of benzene rings is 2. The minimum atomic E-state index is -0.673. The van der Waals surface area contributed by atoms with E-state index < -0.39 is 17.3 Å². The predicted molar refractivity (Wildman–Crippen MR) is 111 cm³/mol. The number of aromatic amines is 2. The van der Waals surface area contributed by atoms with Crippen LogP contribution in [0.2, 0.25) is 0 Å². The highest BCUT2D eigenvalue weighted by molar-refractivity contribution is 5.85. The first-order valence-electron chi connectivity index (χ1n) is 9.52. The van der Waals surface area contributed by atoms with Crippen LogP contribution in [0.15, 0.2) is 58.1 Å². The fourth-order valence-corrected chi connectivity index (χ4v) is 4.16. The van der Waals surface area contributed by atoms with E-state index in [0.29, 0.717) is 12.2 Å². The van der Waals surface area contributed by atoms with E-state index in [1.54, 1.807) is 12.1 Å². The quantitative estimate of drug-likeness (QED) is 0.423. The van der Waals surface area contributed by atoms with E-state index in [9.17, 15) is 14.7 Å². The van der Waals surface area contributed by atoms with E-state index in [-0.39, 0.29) is 11.4 Å². The number of hydrogen-bond donors (Lipinski definition) is 4. The molecule has 2 aromatic heterocycles. The van der Waals surface area contributed by atoms with Gasteiger partial charge in [0.2, 0.25) is 5.88 Å². The van der Waals surface area contributed by atoms with Gasteiger partial charge in [0.25, 0.3) is 5.56 Å². The summed E-state index contributed by atoms with van der Waals surface area (Å²) < 4.78 is 1.13. The van der Waals surface area contributed by atoms with Crippen LogP contribution in [-0.2, 0) is 6.42 Å². The van der Waals surface area contributed by atoms with Crippen LogP contribution in [0.25, 0.3) is 16.6 Å². The highest BCUT2D eigenvalue weighted by atomic mass is 16.3. The van der Waals surface area contributed by atoms with Crippen LogP contribution in [0, 0.1) is 6.92 Å². The van der Waals surface area contributed by atoms with Crippen LogP contribution in [0.1, 0.15) is 28.4 Å². The molecule has 146 valence electrons. The van der Waals surface area contributed by atoms with Crippen LogP contribution in [-0.4, -0.2) is 26.2 Å². The van der Waals surface area contributed by atoms with Crippen molar-refractivity contribution in [1.82, 2.24) is 19.9 Å². The Hall–Kier alpha value is -3.58. The summed E-state index contributed by atoms with van der Waals surface area (Å²) in [6, 6.07) is 14.6. The van der Waals surface area contributed by atoms with E-state index in [1.807, 2.05) is 43.3 Å². The zero-order chi connectivity index (χ0) is 20.1. The first kappa shape index (κ1) is 17.5. The van der Waals surface area contributed by atoms with Crippen molar-refractivity contribution in [2.24, 2.45) is 0 Å². The van der Waals surface area contributed by atoms with Crippen molar-refractivity contribution < 1.29 is 5.11 Å². The molecule has 0 spiro atoms. The second-order valence-corrected chi connectivity index (χ2v) is 7.37. The summed E-state index contributed by atoms with van der Waals surface area (Å²) in [4.78, 5) is 31.0. The molecule has 3 heterocycles. The second-order valence-electron chi connectivity index (χ2n) is 7.37. The maximum absolute atomic E-state index is 12.7. The Labute approximate surface area is 165 Å². The molecule has 4 N–H and O–H groups in total. The van der Waals surface area contributed by atoms with Gasteiger partial charge in [-0.1, -0.05) is 35.9 Å². The molecule has 2 aromatic carbocycles. The zero-order valence-corrected chi connectivity index (χ0v) is 15.8. The third-order valence-electron chi connectivity index (χ3n) is 5.56. The van der Waals surface area contributed by atoms with Crippen LogP contribution in [0.4, 0.5) is 0 Å². The zero-order valence-electron chi connectivity index (χ0n) is 15.8. The Morgan fingerprint density at radius 1 is 1.03 bits per heavy atom. The van der Waals surface area contributed by atoms with E-state index >= 15 is 0 Å². The smallest absolute Gasteiger partial charge is 0.335 e. The average Bonchev–Trinajstić information content (AvgIpc) is 3.09. The van der Waals surface area contributed by atoms with Gasteiger partial charge < -0.3 is 15.4 Å². The molecule has 0 radical (unpaired) electrons. The number of fused-ring (bicyclic) bond motifs is 3. The molecule has 1 aliphatic rings. The van der Waals surface area contributed by atoms with Gasteiger partial charge in [0.1, 0.15) is 5.56 Å². The third-order valence-corrected chi connectivity index (χ3v) is 5.56. The molecule has 0 amide bonds.